The third kappa shape index (κ3) is 5.07. The first-order chi connectivity index (χ1) is 8.95. The van der Waals surface area contributed by atoms with Crippen molar-refractivity contribution in [2.75, 3.05) is 26.2 Å². The van der Waals surface area contributed by atoms with E-state index in [4.69, 9.17) is 0 Å². The average Bonchev–Trinajstić information content (AvgIpc) is 2.45. The van der Waals surface area contributed by atoms with E-state index in [1.54, 1.807) is 0 Å². The number of nitrogens with zero attached hydrogens (tertiary/aromatic N) is 4. The minimum atomic E-state index is 1.01. The van der Waals surface area contributed by atoms with Gasteiger partial charge in [-0.05, 0) is 51.4 Å². The fourth-order valence-electron chi connectivity index (χ4n) is 2.48. The van der Waals surface area contributed by atoms with Crippen LogP contribution >= 0.6 is 0 Å². The van der Waals surface area contributed by atoms with Crippen LogP contribution in [0.1, 0.15) is 51.4 Å². The van der Waals surface area contributed by atoms with Gasteiger partial charge < -0.3 is 0 Å². The van der Waals surface area contributed by atoms with E-state index in [1.807, 2.05) is 12.4 Å². The summed E-state index contributed by atoms with van der Waals surface area (Å²) in [6, 6.07) is 0. The zero-order chi connectivity index (χ0) is 12.5. The van der Waals surface area contributed by atoms with Crippen LogP contribution in [-0.4, -0.2) is 48.6 Å². The highest BCUT2D eigenvalue weighted by molar-refractivity contribution is 5.65. The van der Waals surface area contributed by atoms with E-state index in [9.17, 15) is 0 Å². The Bertz CT molecular complexity index is 235. The average molecular weight is 250 g/mol. The Morgan fingerprint density at radius 3 is 1.39 bits per heavy atom. The molecule has 4 nitrogen and oxygen atoms in total. The molecule has 0 unspecified atom stereocenters. The van der Waals surface area contributed by atoms with Crippen LogP contribution in [-0.2, 0) is 0 Å². The summed E-state index contributed by atoms with van der Waals surface area (Å²) in [6.07, 6.45) is 14.1. The van der Waals surface area contributed by atoms with Gasteiger partial charge in [-0.15, -0.1) is 0 Å². The van der Waals surface area contributed by atoms with Crippen molar-refractivity contribution in [3.05, 3.63) is 0 Å². The molecule has 0 N–H and O–H groups in total. The molecule has 2 aliphatic heterocycles. The van der Waals surface area contributed by atoms with Gasteiger partial charge >= 0.3 is 0 Å². The molecule has 2 fully saturated rings. The van der Waals surface area contributed by atoms with E-state index in [-0.39, 0.29) is 0 Å². The van der Waals surface area contributed by atoms with Crippen molar-refractivity contribution in [2.45, 2.75) is 51.4 Å². The van der Waals surface area contributed by atoms with Crippen molar-refractivity contribution < 1.29 is 0 Å². The molecule has 2 heterocycles. The van der Waals surface area contributed by atoms with E-state index < -0.39 is 0 Å². The summed E-state index contributed by atoms with van der Waals surface area (Å²) in [4.78, 5) is 0. The molecule has 0 amide bonds. The summed E-state index contributed by atoms with van der Waals surface area (Å²) < 4.78 is 0. The molecule has 0 spiro atoms. The van der Waals surface area contributed by atoms with Crippen LogP contribution in [0.25, 0.3) is 0 Å². The molecule has 0 radical (unpaired) electrons. The van der Waals surface area contributed by atoms with Gasteiger partial charge in [-0.25, -0.2) is 0 Å². The fourth-order valence-corrected chi connectivity index (χ4v) is 2.48. The van der Waals surface area contributed by atoms with Crippen LogP contribution in [0.2, 0.25) is 0 Å². The Labute approximate surface area is 111 Å². The lowest BCUT2D eigenvalue weighted by Crippen LogP contribution is -2.24. The molecule has 4 heteroatoms. The second kappa shape index (κ2) is 8.11. The summed E-state index contributed by atoms with van der Waals surface area (Å²) in [6.45, 7) is 4.55. The van der Waals surface area contributed by atoms with Gasteiger partial charge in [0.2, 0.25) is 0 Å². The van der Waals surface area contributed by atoms with Crippen LogP contribution in [0.3, 0.4) is 0 Å². The number of rotatable bonds is 5. The Kier molecular flexibility index (Phi) is 6.03. The van der Waals surface area contributed by atoms with Crippen LogP contribution in [0, 0.1) is 0 Å². The lowest BCUT2D eigenvalue weighted by atomic mass is 10.2. The van der Waals surface area contributed by atoms with Crippen LogP contribution in [0.15, 0.2) is 10.2 Å². The van der Waals surface area contributed by atoms with E-state index in [0.717, 1.165) is 39.0 Å². The minimum absolute atomic E-state index is 1.01. The summed E-state index contributed by atoms with van der Waals surface area (Å²) in [5.74, 6) is 0. The fraction of sp³-hybridized carbons (Fsp3) is 0.857. The van der Waals surface area contributed by atoms with E-state index in [1.165, 1.54) is 38.5 Å². The van der Waals surface area contributed by atoms with E-state index in [0.29, 0.717) is 0 Å². The number of hydrazone groups is 2. The first kappa shape index (κ1) is 13.4. The molecule has 0 aromatic heterocycles. The molecular formula is C14H26N4. The largest absolute Gasteiger partial charge is 0.297 e. The molecule has 2 rings (SSSR count). The molecule has 2 aliphatic rings. The zero-order valence-electron chi connectivity index (χ0n) is 11.4. The Balaban J connectivity index is 1.54. The maximum Gasteiger partial charge on any atom is 0.0360 e. The maximum absolute atomic E-state index is 4.50. The molecule has 2 saturated heterocycles. The van der Waals surface area contributed by atoms with Gasteiger partial charge in [0, 0.05) is 38.6 Å². The molecule has 0 aromatic carbocycles. The number of hydrogen-bond donors (Lipinski definition) is 0. The van der Waals surface area contributed by atoms with Crippen LogP contribution in [0.4, 0.5) is 0 Å². The summed E-state index contributed by atoms with van der Waals surface area (Å²) >= 11 is 0. The van der Waals surface area contributed by atoms with Crippen molar-refractivity contribution in [1.82, 2.24) is 10.0 Å². The summed E-state index contributed by atoms with van der Waals surface area (Å²) in [5.41, 5.74) is 0. The quantitative estimate of drug-likeness (QED) is 0.555. The van der Waals surface area contributed by atoms with Gasteiger partial charge in [0.15, 0.2) is 0 Å². The third-order valence-electron chi connectivity index (χ3n) is 3.58. The van der Waals surface area contributed by atoms with E-state index in [2.05, 4.69) is 20.2 Å². The van der Waals surface area contributed by atoms with E-state index >= 15 is 0 Å². The van der Waals surface area contributed by atoms with Crippen molar-refractivity contribution in [1.29, 1.82) is 0 Å². The predicted octanol–water partition coefficient (Wildman–Crippen LogP) is 2.71. The summed E-state index contributed by atoms with van der Waals surface area (Å²) in [5, 5.41) is 13.4. The van der Waals surface area contributed by atoms with Gasteiger partial charge in [-0.3, -0.25) is 10.0 Å². The zero-order valence-corrected chi connectivity index (χ0v) is 11.4. The van der Waals surface area contributed by atoms with Gasteiger partial charge in [-0.1, -0.05) is 0 Å². The molecule has 18 heavy (non-hydrogen) atoms. The lowest BCUT2D eigenvalue weighted by Gasteiger charge is -2.23. The molecule has 0 aromatic rings. The van der Waals surface area contributed by atoms with Crippen molar-refractivity contribution in [2.24, 2.45) is 10.2 Å². The first-order valence-electron chi connectivity index (χ1n) is 7.50. The Morgan fingerprint density at radius 1 is 0.611 bits per heavy atom. The Morgan fingerprint density at radius 2 is 1.00 bits per heavy atom. The molecule has 0 aliphatic carbocycles. The van der Waals surface area contributed by atoms with Crippen LogP contribution < -0.4 is 0 Å². The van der Waals surface area contributed by atoms with Crippen molar-refractivity contribution >= 4 is 12.4 Å². The number of unbranched alkanes of at least 4 members (excludes halogenated alkanes) is 1. The van der Waals surface area contributed by atoms with Crippen LogP contribution in [0.5, 0.6) is 0 Å². The normalized spacial score (nSPS) is 22.2. The second-order valence-electron chi connectivity index (χ2n) is 5.20. The van der Waals surface area contributed by atoms with Gasteiger partial charge in [0.25, 0.3) is 0 Å². The predicted molar refractivity (Wildman–Crippen MR) is 77.1 cm³/mol. The molecule has 0 saturated carbocycles. The Hall–Kier alpha value is -1.06. The van der Waals surface area contributed by atoms with Crippen molar-refractivity contribution in [3.63, 3.8) is 0 Å². The number of hydrogen-bond acceptors (Lipinski definition) is 4. The third-order valence-corrected chi connectivity index (χ3v) is 3.58. The SMILES string of the molecule is C(CCC=NN1CCCCC1)=NN1CCCCC1. The molecule has 0 atom stereocenters. The first-order valence-corrected chi connectivity index (χ1v) is 7.50. The molecule has 0 bridgehead atoms. The maximum atomic E-state index is 4.50. The van der Waals surface area contributed by atoms with Crippen molar-refractivity contribution in [3.8, 4) is 0 Å². The lowest BCUT2D eigenvalue weighted by molar-refractivity contribution is 0.239. The molecule has 102 valence electrons. The topological polar surface area (TPSA) is 31.2 Å². The van der Waals surface area contributed by atoms with Gasteiger partial charge in [0.05, 0.1) is 0 Å². The second-order valence-corrected chi connectivity index (χ2v) is 5.20. The molecular weight excluding hydrogens is 224 g/mol. The number of piperidine rings is 2. The monoisotopic (exact) mass is 250 g/mol. The summed E-state index contributed by atoms with van der Waals surface area (Å²) in [7, 11) is 0. The van der Waals surface area contributed by atoms with Gasteiger partial charge in [-0.2, -0.15) is 10.2 Å². The van der Waals surface area contributed by atoms with Gasteiger partial charge in [0.1, 0.15) is 0 Å². The minimum Gasteiger partial charge on any atom is -0.297 e. The highest BCUT2D eigenvalue weighted by Crippen LogP contribution is 2.09. The standard InChI is InChI=1S/C14H26N4/c1-5-11-17(12-6-1)15-9-3-4-10-16-18-13-7-2-8-14-18/h9-10H,1-8,11-14H2. The highest BCUT2D eigenvalue weighted by atomic mass is 15.4. The smallest absolute Gasteiger partial charge is 0.0360 e. The highest BCUT2D eigenvalue weighted by Gasteiger charge is 2.06.